The first kappa shape index (κ1) is 19.3. The van der Waals surface area contributed by atoms with Crippen LogP contribution in [0.25, 0.3) is 0 Å². The van der Waals surface area contributed by atoms with E-state index in [9.17, 15) is 4.79 Å². The summed E-state index contributed by atoms with van der Waals surface area (Å²) in [6.45, 7) is 3.83. The number of rotatable bonds is 3. The van der Waals surface area contributed by atoms with Gasteiger partial charge in [0.05, 0.1) is 12.2 Å². The highest BCUT2D eigenvalue weighted by Crippen LogP contribution is 2.17. The van der Waals surface area contributed by atoms with Gasteiger partial charge in [-0.05, 0) is 45.0 Å². The second kappa shape index (κ2) is 8.81. The molecule has 0 spiro atoms. The van der Waals surface area contributed by atoms with Crippen LogP contribution in [0.3, 0.4) is 0 Å². The Balaban J connectivity index is 0.00000132. The summed E-state index contributed by atoms with van der Waals surface area (Å²) in [5.74, 6) is -0.249. The maximum atomic E-state index is 12.2. The van der Waals surface area contributed by atoms with Crippen molar-refractivity contribution in [2.45, 2.75) is 25.8 Å². The number of halogens is 2. The lowest BCUT2D eigenvalue weighted by Crippen LogP contribution is -2.29. The van der Waals surface area contributed by atoms with E-state index in [1.807, 2.05) is 13.0 Å². The third kappa shape index (κ3) is 4.89. The van der Waals surface area contributed by atoms with E-state index < -0.39 is 0 Å². The first-order valence-electron chi connectivity index (χ1n) is 7.09. The van der Waals surface area contributed by atoms with Gasteiger partial charge in [-0.3, -0.25) is 9.78 Å². The monoisotopic (exact) mass is 358 g/mol. The van der Waals surface area contributed by atoms with Gasteiger partial charge in [0, 0.05) is 17.6 Å². The Labute approximate surface area is 147 Å². The number of hydrogen-bond acceptors (Lipinski definition) is 5. The average Bonchev–Trinajstić information content (AvgIpc) is 2.98. The Morgan fingerprint density at radius 2 is 2.09 bits per heavy atom. The summed E-state index contributed by atoms with van der Waals surface area (Å²) in [6, 6.07) is 3.89. The van der Waals surface area contributed by atoms with E-state index in [0.717, 1.165) is 31.6 Å². The fourth-order valence-electron chi connectivity index (χ4n) is 2.45. The van der Waals surface area contributed by atoms with E-state index in [1.54, 1.807) is 23.1 Å². The van der Waals surface area contributed by atoms with E-state index >= 15 is 0 Å². The van der Waals surface area contributed by atoms with E-state index in [2.05, 4.69) is 25.9 Å². The summed E-state index contributed by atoms with van der Waals surface area (Å²) in [7, 11) is 0. The molecule has 3 rings (SSSR count). The van der Waals surface area contributed by atoms with Gasteiger partial charge in [0.2, 0.25) is 0 Å². The quantitative estimate of drug-likeness (QED) is 0.876. The molecule has 1 saturated heterocycles. The van der Waals surface area contributed by atoms with Crippen LogP contribution in [0.5, 0.6) is 0 Å². The van der Waals surface area contributed by atoms with Crippen molar-refractivity contribution in [2.24, 2.45) is 0 Å². The molecular formula is C14H20Cl2N6O. The number of anilines is 1. The molecule has 0 atom stereocenters. The summed E-state index contributed by atoms with van der Waals surface area (Å²) >= 11 is 0. The summed E-state index contributed by atoms with van der Waals surface area (Å²) in [5, 5.41) is 14.2. The highest BCUT2D eigenvalue weighted by Gasteiger charge is 2.18. The molecule has 1 fully saturated rings. The third-order valence-electron chi connectivity index (χ3n) is 3.58. The highest BCUT2D eigenvalue weighted by molar-refractivity contribution is 6.02. The van der Waals surface area contributed by atoms with Gasteiger partial charge in [0.15, 0.2) is 5.69 Å². The van der Waals surface area contributed by atoms with Crippen LogP contribution >= 0.6 is 24.8 Å². The van der Waals surface area contributed by atoms with E-state index in [-0.39, 0.29) is 30.7 Å². The van der Waals surface area contributed by atoms with Crippen molar-refractivity contribution in [3.8, 4) is 0 Å². The van der Waals surface area contributed by atoms with Crippen molar-refractivity contribution in [1.82, 2.24) is 25.3 Å². The molecule has 0 aliphatic carbocycles. The Bertz CT molecular complexity index is 642. The van der Waals surface area contributed by atoms with Gasteiger partial charge in [-0.15, -0.1) is 29.9 Å². The van der Waals surface area contributed by atoms with Crippen LogP contribution in [0.15, 0.2) is 24.5 Å². The molecule has 0 unspecified atom stereocenters. The predicted octanol–water partition coefficient (Wildman–Crippen LogP) is 2.00. The van der Waals surface area contributed by atoms with Crippen molar-refractivity contribution in [2.75, 3.05) is 18.4 Å². The van der Waals surface area contributed by atoms with Crippen LogP contribution in [-0.2, 0) is 0 Å². The second-order valence-corrected chi connectivity index (χ2v) is 5.20. The summed E-state index contributed by atoms with van der Waals surface area (Å²) < 4.78 is 1.80. The summed E-state index contributed by atoms with van der Waals surface area (Å²) in [4.78, 5) is 16.3. The number of aromatic nitrogens is 4. The van der Waals surface area contributed by atoms with Crippen LogP contribution in [-0.4, -0.2) is 39.0 Å². The minimum absolute atomic E-state index is 0. The Morgan fingerprint density at radius 3 is 2.78 bits per heavy atom. The van der Waals surface area contributed by atoms with Crippen LogP contribution in [0.2, 0.25) is 0 Å². The zero-order chi connectivity index (χ0) is 14.7. The zero-order valence-electron chi connectivity index (χ0n) is 12.7. The lowest BCUT2D eigenvalue weighted by atomic mass is 10.1. The van der Waals surface area contributed by atoms with Crippen molar-refractivity contribution in [1.29, 1.82) is 0 Å². The molecule has 0 aromatic carbocycles. The highest BCUT2D eigenvalue weighted by atomic mass is 35.5. The Kier molecular flexibility index (Phi) is 7.41. The van der Waals surface area contributed by atoms with Crippen LogP contribution in [0.4, 0.5) is 5.69 Å². The van der Waals surface area contributed by atoms with E-state index in [0.29, 0.717) is 17.4 Å². The fourth-order valence-corrected chi connectivity index (χ4v) is 2.45. The number of nitrogens with zero attached hydrogens (tertiary/aromatic N) is 4. The van der Waals surface area contributed by atoms with Gasteiger partial charge < -0.3 is 10.6 Å². The van der Waals surface area contributed by atoms with E-state index in [1.165, 1.54) is 0 Å². The molecule has 0 bridgehead atoms. The fraction of sp³-hybridized carbons (Fsp3) is 0.429. The number of nitrogens with one attached hydrogen (secondary N) is 2. The molecule has 1 aliphatic heterocycles. The molecule has 126 valence electrons. The predicted molar refractivity (Wildman–Crippen MR) is 92.6 cm³/mol. The molecule has 23 heavy (non-hydrogen) atoms. The molecule has 0 radical (unpaired) electrons. The maximum absolute atomic E-state index is 12.2. The normalized spacial score (nSPS) is 14.5. The SMILES string of the molecule is Cc1cc(NC(=O)c2cn(C3CCNCC3)nn2)ccn1.Cl.Cl. The second-order valence-electron chi connectivity index (χ2n) is 5.20. The molecule has 2 aromatic rings. The molecular weight excluding hydrogens is 339 g/mol. The van der Waals surface area contributed by atoms with Crippen LogP contribution in [0.1, 0.15) is 35.1 Å². The number of piperidine rings is 1. The Morgan fingerprint density at radius 1 is 1.35 bits per heavy atom. The molecule has 7 nitrogen and oxygen atoms in total. The van der Waals surface area contributed by atoms with Gasteiger partial charge in [0.25, 0.3) is 5.91 Å². The molecule has 1 aliphatic rings. The lowest BCUT2D eigenvalue weighted by molar-refractivity contribution is 0.102. The van der Waals surface area contributed by atoms with Gasteiger partial charge in [-0.1, -0.05) is 5.21 Å². The minimum Gasteiger partial charge on any atom is -0.320 e. The van der Waals surface area contributed by atoms with E-state index in [4.69, 9.17) is 0 Å². The zero-order valence-corrected chi connectivity index (χ0v) is 14.4. The molecule has 0 saturated carbocycles. The summed E-state index contributed by atoms with van der Waals surface area (Å²) in [6.07, 6.45) is 5.40. The maximum Gasteiger partial charge on any atom is 0.277 e. The first-order chi connectivity index (χ1) is 10.2. The number of aryl methyl sites for hydroxylation is 1. The number of carbonyl (C=O) groups is 1. The summed E-state index contributed by atoms with van der Waals surface area (Å²) in [5.41, 5.74) is 1.90. The lowest BCUT2D eigenvalue weighted by Gasteiger charge is -2.22. The average molecular weight is 359 g/mol. The standard InChI is InChI=1S/C14H18N6O.2ClH/c1-10-8-11(2-7-16-10)17-14(21)13-9-20(19-18-13)12-3-5-15-6-4-12;;/h2,7-9,12,15H,3-6H2,1H3,(H,16,17,21);2*1H. The Hall–Kier alpha value is -1.70. The van der Waals surface area contributed by atoms with Crippen molar-refractivity contribution >= 4 is 36.4 Å². The van der Waals surface area contributed by atoms with Crippen molar-refractivity contribution in [3.63, 3.8) is 0 Å². The molecule has 2 N–H and O–H groups in total. The minimum atomic E-state index is -0.249. The molecule has 2 aromatic heterocycles. The molecule has 3 heterocycles. The third-order valence-corrected chi connectivity index (χ3v) is 3.58. The first-order valence-corrected chi connectivity index (χ1v) is 7.09. The number of pyridine rings is 1. The number of hydrogen-bond donors (Lipinski definition) is 2. The van der Waals surface area contributed by atoms with Crippen molar-refractivity contribution in [3.05, 3.63) is 35.9 Å². The topological polar surface area (TPSA) is 84.7 Å². The van der Waals surface area contributed by atoms with Crippen molar-refractivity contribution < 1.29 is 4.79 Å². The van der Waals surface area contributed by atoms with Gasteiger partial charge in [0.1, 0.15) is 0 Å². The largest absolute Gasteiger partial charge is 0.320 e. The van der Waals surface area contributed by atoms with Gasteiger partial charge in [-0.2, -0.15) is 0 Å². The molecule has 1 amide bonds. The van der Waals surface area contributed by atoms with Gasteiger partial charge in [-0.25, -0.2) is 4.68 Å². The van der Waals surface area contributed by atoms with Crippen LogP contribution in [0, 0.1) is 6.92 Å². The molecule has 9 heteroatoms. The van der Waals surface area contributed by atoms with Gasteiger partial charge >= 0.3 is 0 Å². The smallest absolute Gasteiger partial charge is 0.277 e. The number of carbonyl (C=O) groups excluding carboxylic acids is 1. The number of amides is 1. The van der Waals surface area contributed by atoms with Crippen LogP contribution < -0.4 is 10.6 Å².